The molecule has 4 rings (SSSR count). The molecule has 39 heavy (non-hydrogen) atoms. The molecule has 0 unspecified atom stereocenters. The molecule has 9 heteroatoms. The Morgan fingerprint density at radius 2 is 1.79 bits per heavy atom. The predicted molar refractivity (Wildman–Crippen MR) is 151 cm³/mol. The normalized spacial score (nSPS) is 11.3. The fourth-order valence-corrected chi connectivity index (χ4v) is 4.02. The number of hydrogen-bond donors (Lipinski definition) is 3. The van der Waals surface area contributed by atoms with Crippen molar-refractivity contribution < 1.29 is 4.79 Å². The summed E-state index contributed by atoms with van der Waals surface area (Å²) in [4.78, 5) is 25.9. The molecule has 0 radical (unpaired) electrons. The van der Waals surface area contributed by atoms with E-state index in [1.165, 1.54) is 0 Å². The van der Waals surface area contributed by atoms with Crippen LogP contribution < -0.4 is 16.0 Å². The van der Waals surface area contributed by atoms with Crippen LogP contribution in [0.2, 0.25) is 0 Å². The first kappa shape index (κ1) is 26.9. The highest BCUT2D eigenvalue weighted by Crippen LogP contribution is 2.19. The van der Waals surface area contributed by atoms with E-state index in [0.29, 0.717) is 48.3 Å². The zero-order valence-electron chi connectivity index (χ0n) is 21.9. The maximum atomic E-state index is 13.2. The molecule has 2 aromatic carbocycles. The minimum absolute atomic E-state index is 0.137. The topological polar surface area (TPSA) is 112 Å². The van der Waals surface area contributed by atoms with Crippen molar-refractivity contribution >= 4 is 23.4 Å². The Morgan fingerprint density at radius 1 is 1.03 bits per heavy atom. The van der Waals surface area contributed by atoms with Crippen LogP contribution in [-0.2, 0) is 17.9 Å². The van der Waals surface area contributed by atoms with E-state index in [0.717, 1.165) is 11.1 Å². The minimum atomic E-state index is -0.514. The van der Waals surface area contributed by atoms with Crippen molar-refractivity contribution in [3.8, 4) is 11.9 Å². The van der Waals surface area contributed by atoms with E-state index in [9.17, 15) is 10.1 Å². The Morgan fingerprint density at radius 3 is 2.49 bits per heavy atom. The highest BCUT2D eigenvalue weighted by atomic mass is 16.2. The molecule has 0 saturated heterocycles. The summed E-state index contributed by atoms with van der Waals surface area (Å²) in [5.74, 6) is 1.69. The molecule has 1 amide bonds. The van der Waals surface area contributed by atoms with E-state index in [4.69, 9.17) is 6.57 Å². The number of aromatic nitrogens is 3. The van der Waals surface area contributed by atoms with Crippen LogP contribution in [0.25, 0.3) is 10.7 Å². The van der Waals surface area contributed by atoms with Gasteiger partial charge in [-0.1, -0.05) is 50.2 Å². The van der Waals surface area contributed by atoms with Crippen LogP contribution >= 0.6 is 0 Å². The summed E-state index contributed by atoms with van der Waals surface area (Å²) >= 11 is 0. The maximum absolute atomic E-state index is 13.2. The number of nitrogens with zero attached hydrogens (tertiary/aromatic N) is 5. The lowest BCUT2D eigenvalue weighted by atomic mass is 10.0. The summed E-state index contributed by atoms with van der Waals surface area (Å²) < 4.78 is 1.87. The van der Waals surface area contributed by atoms with Gasteiger partial charge in [0.1, 0.15) is 17.7 Å². The Hall–Kier alpha value is -5.15. The Bertz CT molecular complexity index is 1480. The lowest BCUT2D eigenvalue weighted by Gasteiger charge is -2.21. The molecule has 0 saturated carbocycles. The standard InChI is InChI=1S/C30H30N8O/c1-21(2)15-26(29(39)33-19-22-9-11-25(32-3)12-10-22)35-27-17-28(38-13-4-5-14-38)37-30(36-27)34-20-24-8-6-7-23(16-24)18-31/h4-14,16-17,21,26H,15,19-20H2,1-2H3,(H,33,39)(H2,34,35,36,37)/t26-/m1/s1. The van der Waals surface area contributed by atoms with Crippen LogP contribution in [0.1, 0.15) is 37.0 Å². The van der Waals surface area contributed by atoms with Crippen molar-refractivity contribution in [1.29, 1.82) is 5.26 Å². The van der Waals surface area contributed by atoms with Crippen LogP contribution in [0.4, 0.5) is 17.5 Å². The third-order valence-corrected chi connectivity index (χ3v) is 5.97. The van der Waals surface area contributed by atoms with E-state index < -0.39 is 6.04 Å². The lowest BCUT2D eigenvalue weighted by Crippen LogP contribution is -2.40. The second kappa shape index (κ2) is 12.9. The Balaban J connectivity index is 1.53. The molecule has 0 aliphatic heterocycles. The van der Waals surface area contributed by atoms with Crippen molar-refractivity contribution in [1.82, 2.24) is 19.9 Å². The molecule has 0 aliphatic carbocycles. The first-order chi connectivity index (χ1) is 18.9. The van der Waals surface area contributed by atoms with Gasteiger partial charge in [-0.15, -0.1) is 0 Å². The van der Waals surface area contributed by atoms with Gasteiger partial charge in [0.2, 0.25) is 11.9 Å². The average Bonchev–Trinajstić information content (AvgIpc) is 3.50. The van der Waals surface area contributed by atoms with Gasteiger partial charge in [0.25, 0.3) is 0 Å². The summed E-state index contributed by atoms with van der Waals surface area (Å²) in [5.41, 5.74) is 3.00. The Kier molecular flexibility index (Phi) is 8.89. The van der Waals surface area contributed by atoms with E-state index >= 15 is 0 Å². The molecule has 0 spiro atoms. The summed E-state index contributed by atoms with van der Waals surface area (Å²) in [5, 5.41) is 18.8. The van der Waals surface area contributed by atoms with Gasteiger partial charge in [-0.25, -0.2) is 4.85 Å². The fourth-order valence-electron chi connectivity index (χ4n) is 4.02. The zero-order chi connectivity index (χ0) is 27.6. The quantitative estimate of drug-likeness (QED) is 0.228. The number of nitriles is 1. The van der Waals surface area contributed by atoms with Crippen LogP contribution in [0.3, 0.4) is 0 Å². The summed E-state index contributed by atoms with van der Waals surface area (Å²) in [6.45, 7) is 12.0. The van der Waals surface area contributed by atoms with Gasteiger partial charge in [0.15, 0.2) is 5.69 Å². The molecular formula is C30H30N8O. The van der Waals surface area contributed by atoms with Crippen LogP contribution in [-0.4, -0.2) is 26.5 Å². The SMILES string of the molecule is [C-]#[N+]c1ccc(CNC(=O)[C@@H](CC(C)C)Nc2cc(-n3cccc3)nc(NCc3cccc(C#N)c3)n2)cc1. The highest BCUT2D eigenvalue weighted by Gasteiger charge is 2.21. The summed E-state index contributed by atoms with van der Waals surface area (Å²) in [6, 6.07) is 21.8. The number of anilines is 2. The molecular weight excluding hydrogens is 488 g/mol. The molecule has 3 N–H and O–H groups in total. The van der Waals surface area contributed by atoms with Gasteiger partial charge >= 0.3 is 0 Å². The third-order valence-electron chi connectivity index (χ3n) is 5.97. The van der Waals surface area contributed by atoms with Crippen molar-refractivity contribution in [2.45, 2.75) is 39.4 Å². The van der Waals surface area contributed by atoms with E-state index in [-0.39, 0.29) is 11.8 Å². The van der Waals surface area contributed by atoms with E-state index in [2.05, 4.69) is 50.7 Å². The monoisotopic (exact) mass is 518 g/mol. The molecule has 4 aromatic rings. The van der Waals surface area contributed by atoms with Crippen LogP contribution in [0, 0.1) is 23.8 Å². The van der Waals surface area contributed by atoms with E-state index in [1.807, 2.05) is 65.5 Å². The highest BCUT2D eigenvalue weighted by molar-refractivity contribution is 5.84. The van der Waals surface area contributed by atoms with Crippen LogP contribution in [0.15, 0.2) is 79.1 Å². The number of nitrogens with one attached hydrogen (secondary N) is 3. The molecule has 0 aliphatic rings. The number of carbonyl (C=O) groups is 1. The van der Waals surface area contributed by atoms with Crippen molar-refractivity contribution in [3.05, 3.63) is 107 Å². The predicted octanol–water partition coefficient (Wildman–Crippen LogP) is 5.44. The van der Waals surface area contributed by atoms with Gasteiger partial charge in [-0.3, -0.25) is 4.79 Å². The first-order valence-electron chi connectivity index (χ1n) is 12.7. The molecule has 0 fully saturated rings. The van der Waals surface area contributed by atoms with Crippen molar-refractivity contribution in [2.75, 3.05) is 10.6 Å². The van der Waals surface area contributed by atoms with Crippen LogP contribution in [0.5, 0.6) is 0 Å². The molecule has 2 heterocycles. The molecule has 9 nitrogen and oxygen atoms in total. The van der Waals surface area contributed by atoms with Gasteiger partial charge in [-0.05, 0) is 47.7 Å². The van der Waals surface area contributed by atoms with Gasteiger partial charge in [0.05, 0.1) is 18.2 Å². The fraction of sp³-hybridized carbons (Fsp3) is 0.233. The maximum Gasteiger partial charge on any atom is 0.242 e. The average molecular weight is 519 g/mol. The Labute approximate surface area is 228 Å². The number of carbonyl (C=O) groups excluding carboxylic acids is 1. The molecule has 2 aromatic heterocycles. The number of rotatable bonds is 11. The van der Waals surface area contributed by atoms with E-state index in [1.54, 1.807) is 18.2 Å². The first-order valence-corrected chi connectivity index (χ1v) is 12.7. The lowest BCUT2D eigenvalue weighted by molar-refractivity contribution is -0.122. The second-order valence-electron chi connectivity index (χ2n) is 9.51. The molecule has 0 bridgehead atoms. The third kappa shape index (κ3) is 7.67. The number of benzene rings is 2. The molecule has 196 valence electrons. The van der Waals surface area contributed by atoms with Gasteiger partial charge in [-0.2, -0.15) is 15.2 Å². The molecule has 1 atom stereocenters. The van der Waals surface area contributed by atoms with Crippen molar-refractivity contribution in [3.63, 3.8) is 0 Å². The second-order valence-corrected chi connectivity index (χ2v) is 9.51. The zero-order valence-corrected chi connectivity index (χ0v) is 21.9. The van der Waals surface area contributed by atoms with Crippen molar-refractivity contribution in [2.24, 2.45) is 5.92 Å². The summed E-state index contributed by atoms with van der Waals surface area (Å²) in [6.07, 6.45) is 4.39. The summed E-state index contributed by atoms with van der Waals surface area (Å²) in [7, 11) is 0. The minimum Gasteiger partial charge on any atom is -0.358 e. The van der Waals surface area contributed by atoms with Gasteiger partial charge in [0, 0.05) is 31.5 Å². The van der Waals surface area contributed by atoms with Gasteiger partial charge < -0.3 is 20.5 Å². The smallest absolute Gasteiger partial charge is 0.242 e. The number of amides is 1. The largest absolute Gasteiger partial charge is 0.358 e. The number of hydrogen-bond acceptors (Lipinski definition) is 6.